The maximum absolute atomic E-state index is 14.5. The molecule has 25 heavy (non-hydrogen) atoms. The van der Waals surface area contributed by atoms with Crippen molar-refractivity contribution in [3.8, 4) is 11.3 Å². The predicted molar refractivity (Wildman–Crippen MR) is 89.9 cm³/mol. The number of H-pyrrole nitrogens is 1. The van der Waals surface area contributed by atoms with Gasteiger partial charge in [-0.15, -0.1) is 0 Å². The van der Waals surface area contributed by atoms with Crippen LogP contribution in [-0.2, 0) is 0 Å². The van der Waals surface area contributed by atoms with Gasteiger partial charge in [-0.05, 0) is 36.8 Å². The first kappa shape index (κ1) is 15.7. The molecule has 2 aromatic carbocycles. The molecule has 0 radical (unpaired) electrons. The van der Waals surface area contributed by atoms with Crippen LogP contribution in [0.5, 0.6) is 0 Å². The van der Waals surface area contributed by atoms with Gasteiger partial charge in [-0.1, -0.05) is 17.7 Å². The largest absolute Gasteiger partial charge is 0.335 e. The van der Waals surface area contributed by atoms with E-state index < -0.39 is 23.0 Å². The number of nitrogens with one attached hydrogen (secondary N) is 2. The van der Waals surface area contributed by atoms with Gasteiger partial charge in [-0.2, -0.15) is 5.10 Å². The summed E-state index contributed by atoms with van der Waals surface area (Å²) in [4.78, 5) is 4.14. The van der Waals surface area contributed by atoms with E-state index in [1.807, 2.05) is 0 Å². The fourth-order valence-corrected chi connectivity index (χ4v) is 2.94. The van der Waals surface area contributed by atoms with Crippen molar-refractivity contribution in [2.45, 2.75) is 6.92 Å². The first-order valence-corrected chi connectivity index (χ1v) is 7.68. The van der Waals surface area contributed by atoms with Gasteiger partial charge in [0.15, 0.2) is 0 Å². The third-order valence-electron chi connectivity index (χ3n) is 3.85. The van der Waals surface area contributed by atoms with Gasteiger partial charge in [-0.25, -0.2) is 18.2 Å². The first-order valence-electron chi connectivity index (χ1n) is 7.30. The zero-order chi connectivity index (χ0) is 17.7. The summed E-state index contributed by atoms with van der Waals surface area (Å²) in [5, 5.41) is 9.54. The second-order valence-corrected chi connectivity index (χ2v) is 5.96. The molecule has 0 atom stereocenters. The SMILES string of the molecule is Cc1cc(F)c2c(c1)-c1n[nH]c(Cl)c1NC(c1c(F)cccc1F)=N2. The summed E-state index contributed by atoms with van der Waals surface area (Å²) in [5.41, 5.74) is 1.13. The number of aromatic amines is 1. The molecule has 1 aromatic heterocycles. The van der Waals surface area contributed by atoms with Crippen LogP contribution in [0.4, 0.5) is 24.5 Å². The zero-order valence-corrected chi connectivity index (χ0v) is 13.5. The maximum Gasteiger partial charge on any atom is 0.149 e. The molecule has 1 aliphatic heterocycles. The summed E-state index contributed by atoms with van der Waals surface area (Å²) >= 11 is 6.09. The Balaban J connectivity index is 2.06. The Kier molecular flexibility index (Phi) is 3.54. The third kappa shape index (κ3) is 2.47. The second kappa shape index (κ2) is 5.63. The van der Waals surface area contributed by atoms with Crippen LogP contribution in [0.25, 0.3) is 11.3 Å². The van der Waals surface area contributed by atoms with Gasteiger partial charge >= 0.3 is 0 Å². The minimum absolute atomic E-state index is 0.0716. The summed E-state index contributed by atoms with van der Waals surface area (Å²) in [6.07, 6.45) is 0. The van der Waals surface area contributed by atoms with E-state index in [1.165, 1.54) is 12.1 Å². The molecule has 0 amide bonds. The Morgan fingerprint density at radius 1 is 1.04 bits per heavy atom. The highest BCUT2D eigenvalue weighted by molar-refractivity contribution is 6.34. The van der Waals surface area contributed by atoms with Crippen molar-refractivity contribution >= 4 is 28.8 Å². The average molecular weight is 363 g/mol. The molecule has 2 N–H and O–H groups in total. The van der Waals surface area contributed by atoms with Gasteiger partial charge in [0, 0.05) is 5.56 Å². The Bertz CT molecular complexity index is 1020. The molecule has 0 bridgehead atoms. The number of nitrogens with zero attached hydrogens (tertiary/aromatic N) is 2. The van der Waals surface area contributed by atoms with Gasteiger partial charge in [0.05, 0.1) is 5.56 Å². The van der Waals surface area contributed by atoms with Crippen LogP contribution < -0.4 is 5.32 Å². The van der Waals surface area contributed by atoms with Crippen LogP contribution in [0.1, 0.15) is 11.1 Å². The standard InChI is InChI=1S/C17H10ClF3N4/c1-7-5-8-13(11(21)6-7)22-17(12-9(19)3-2-4-10(12)20)23-15-14(8)24-25-16(15)18/h2-6H,1H3,(H,22,23)(H,24,25). The number of aryl methyl sites for hydroxylation is 1. The molecule has 1 aliphatic rings. The highest BCUT2D eigenvalue weighted by Gasteiger charge is 2.27. The van der Waals surface area contributed by atoms with Gasteiger partial charge in [-0.3, -0.25) is 5.10 Å². The molecule has 0 spiro atoms. The average Bonchev–Trinajstić information content (AvgIpc) is 2.81. The van der Waals surface area contributed by atoms with Crippen LogP contribution in [0, 0.1) is 24.4 Å². The van der Waals surface area contributed by atoms with Crippen molar-refractivity contribution in [3.05, 3.63) is 64.1 Å². The van der Waals surface area contributed by atoms with Crippen molar-refractivity contribution in [1.29, 1.82) is 0 Å². The minimum atomic E-state index is -0.830. The first-order chi connectivity index (χ1) is 12.0. The minimum Gasteiger partial charge on any atom is -0.335 e. The number of anilines is 1. The second-order valence-electron chi connectivity index (χ2n) is 5.59. The van der Waals surface area contributed by atoms with Gasteiger partial charge in [0.1, 0.15) is 45.5 Å². The van der Waals surface area contributed by atoms with Crippen LogP contribution >= 0.6 is 11.6 Å². The number of aliphatic imine (C=N–C) groups is 1. The number of rotatable bonds is 1. The third-order valence-corrected chi connectivity index (χ3v) is 4.13. The normalized spacial score (nSPS) is 12.8. The number of hydrogen-bond donors (Lipinski definition) is 2. The lowest BCUT2D eigenvalue weighted by atomic mass is 10.1. The van der Waals surface area contributed by atoms with Crippen molar-refractivity contribution in [2.75, 3.05) is 5.32 Å². The van der Waals surface area contributed by atoms with E-state index in [0.717, 1.165) is 12.1 Å². The van der Waals surface area contributed by atoms with E-state index in [-0.39, 0.29) is 22.4 Å². The van der Waals surface area contributed by atoms with E-state index in [0.29, 0.717) is 16.8 Å². The Morgan fingerprint density at radius 3 is 2.48 bits per heavy atom. The van der Waals surface area contributed by atoms with E-state index in [4.69, 9.17) is 11.6 Å². The van der Waals surface area contributed by atoms with Crippen LogP contribution in [-0.4, -0.2) is 16.0 Å². The van der Waals surface area contributed by atoms with Gasteiger partial charge in [0.2, 0.25) is 0 Å². The molecule has 0 saturated carbocycles. The smallest absolute Gasteiger partial charge is 0.149 e. The summed E-state index contributed by atoms with van der Waals surface area (Å²) in [7, 11) is 0. The fraction of sp³-hybridized carbons (Fsp3) is 0.0588. The van der Waals surface area contributed by atoms with Crippen LogP contribution in [0.3, 0.4) is 0 Å². The molecule has 0 fully saturated rings. The zero-order valence-electron chi connectivity index (χ0n) is 12.8. The summed E-state index contributed by atoms with van der Waals surface area (Å²) in [6.45, 7) is 1.72. The molecule has 8 heteroatoms. The quantitative estimate of drug-likeness (QED) is 0.643. The number of benzene rings is 2. The lowest BCUT2D eigenvalue weighted by Crippen LogP contribution is -2.16. The van der Waals surface area contributed by atoms with Gasteiger partial charge < -0.3 is 5.32 Å². The van der Waals surface area contributed by atoms with Crippen molar-refractivity contribution in [2.24, 2.45) is 4.99 Å². The molecule has 0 unspecified atom stereocenters. The predicted octanol–water partition coefficient (Wildman–Crippen LogP) is 4.96. The van der Waals surface area contributed by atoms with Crippen LogP contribution in [0.15, 0.2) is 35.3 Å². The molecule has 3 aromatic rings. The molecule has 0 aliphatic carbocycles. The van der Waals surface area contributed by atoms with Crippen LogP contribution in [0.2, 0.25) is 5.15 Å². The Morgan fingerprint density at radius 2 is 1.76 bits per heavy atom. The summed E-state index contributed by atoms with van der Waals surface area (Å²) < 4.78 is 42.9. The molecule has 126 valence electrons. The van der Waals surface area contributed by atoms with E-state index in [9.17, 15) is 13.2 Å². The van der Waals surface area contributed by atoms with E-state index in [2.05, 4.69) is 20.5 Å². The van der Waals surface area contributed by atoms with E-state index in [1.54, 1.807) is 13.0 Å². The highest BCUT2D eigenvalue weighted by Crippen LogP contribution is 2.42. The Labute approximate surface area is 145 Å². The monoisotopic (exact) mass is 362 g/mol. The molecule has 2 heterocycles. The fourth-order valence-electron chi connectivity index (χ4n) is 2.76. The molecular weight excluding hydrogens is 353 g/mol. The number of hydrogen-bond acceptors (Lipinski definition) is 3. The Hall–Kier alpha value is -2.80. The molecule has 0 saturated heterocycles. The highest BCUT2D eigenvalue weighted by atomic mass is 35.5. The van der Waals surface area contributed by atoms with E-state index >= 15 is 0 Å². The summed E-state index contributed by atoms with van der Waals surface area (Å²) in [6, 6.07) is 6.40. The number of halogens is 4. The lowest BCUT2D eigenvalue weighted by molar-refractivity contribution is 0.579. The van der Waals surface area contributed by atoms with Crippen molar-refractivity contribution in [1.82, 2.24) is 10.2 Å². The van der Waals surface area contributed by atoms with Gasteiger partial charge in [0.25, 0.3) is 0 Å². The lowest BCUT2D eigenvalue weighted by Gasteiger charge is -2.10. The topological polar surface area (TPSA) is 53.1 Å². The molecular formula is C17H10ClF3N4. The van der Waals surface area contributed by atoms with Crippen molar-refractivity contribution in [3.63, 3.8) is 0 Å². The number of amidine groups is 1. The summed E-state index contributed by atoms with van der Waals surface area (Å²) in [5.74, 6) is -2.48. The number of fused-ring (bicyclic) bond motifs is 3. The molecule has 4 rings (SSSR count). The molecule has 4 nitrogen and oxygen atoms in total. The number of aromatic nitrogens is 2. The maximum atomic E-state index is 14.5. The van der Waals surface area contributed by atoms with Crippen molar-refractivity contribution < 1.29 is 13.2 Å².